The average Bonchev–Trinajstić information content (AvgIpc) is 2.32. The quantitative estimate of drug-likeness (QED) is 0.798. The number of nitrogens with two attached hydrogens (primary N) is 1. The van der Waals surface area contributed by atoms with E-state index in [0.717, 1.165) is 24.4 Å². The molecule has 6 heteroatoms. The van der Waals surface area contributed by atoms with E-state index < -0.39 is 10.2 Å². The highest BCUT2D eigenvalue weighted by Gasteiger charge is 2.24. The molecular weight excluding hydrogens is 274 g/mol. The summed E-state index contributed by atoms with van der Waals surface area (Å²) in [6, 6.07) is 7.65. The van der Waals surface area contributed by atoms with Crippen LogP contribution >= 0.6 is 0 Å². The van der Waals surface area contributed by atoms with E-state index in [0.29, 0.717) is 17.6 Å². The Morgan fingerprint density at radius 1 is 1.15 bits per heavy atom. The maximum atomic E-state index is 11.0. The summed E-state index contributed by atoms with van der Waals surface area (Å²) in [5, 5.41) is 8.46. The molecule has 1 fully saturated rings. The normalized spacial score (nSPS) is 27.1. The molecule has 1 aromatic carbocycles. The van der Waals surface area contributed by atoms with Gasteiger partial charge in [0.1, 0.15) is 0 Å². The van der Waals surface area contributed by atoms with Crippen LogP contribution in [-0.2, 0) is 10.2 Å². The third kappa shape index (κ3) is 4.38. The van der Waals surface area contributed by atoms with Gasteiger partial charge in [0.05, 0.1) is 5.69 Å². The first-order valence-corrected chi connectivity index (χ1v) is 8.55. The summed E-state index contributed by atoms with van der Waals surface area (Å²) in [6.45, 7) is 4.59. The Bertz CT molecular complexity index is 559. The smallest absolute Gasteiger partial charge is 0.296 e. The fraction of sp³-hybridized carbons (Fsp3) is 0.571. The van der Waals surface area contributed by atoms with Gasteiger partial charge in [-0.2, -0.15) is 8.42 Å². The molecule has 0 amide bonds. The van der Waals surface area contributed by atoms with Crippen molar-refractivity contribution in [2.45, 2.75) is 39.2 Å². The van der Waals surface area contributed by atoms with Crippen molar-refractivity contribution in [1.82, 2.24) is 0 Å². The van der Waals surface area contributed by atoms with E-state index in [1.807, 2.05) is 12.1 Å². The number of benzene rings is 1. The second-order valence-electron chi connectivity index (χ2n) is 5.84. The number of hydrogen-bond donors (Lipinski definition) is 3. The van der Waals surface area contributed by atoms with Crippen molar-refractivity contribution in [3.8, 4) is 0 Å². The van der Waals surface area contributed by atoms with Gasteiger partial charge in [-0.1, -0.05) is 19.9 Å². The molecule has 3 atom stereocenters. The fourth-order valence-electron chi connectivity index (χ4n) is 2.75. The molecule has 112 valence electrons. The number of nitrogens with one attached hydrogen (secondary N) is 2. The summed E-state index contributed by atoms with van der Waals surface area (Å²) in [7, 11) is -3.72. The maximum Gasteiger partial charge on any atom is 0.296 e. The van der Waals surface area contributed by atoms with Gasteiger partial charge >= 0.3 is 0 Å². The van der Waals surface area contributed by atoms with Gasteiger partial charge in [-0.3, -0.25) is 4.72 Å². The van der Waals surface area contributed by atoms with Crippen molar-refractivity contribution in [3.05, 3.63) is 24.3 Å². The van der Waals surface area contributed by atoms with Gasteiger partial charge in [0.2, 0.25) is 0 Å². The highest BCUT2D eigenvalue weighted by Crippen LogP contribution is 2.31. The van der Waals surface area contributed by atoms with Crippen LogP contribution in [0.1, 0.15) is 33.1 Å². The summed E-state index contributed by atoms with van der Waals surface area (Å²) in [5.41, 5.74) is 1.40. The molecule has 0 bridgehead atoms. The van der Waals surface area contributed by atoms with E-state index in [1.165, 1.54) is 6.42 Å². The van der Waals surface area contributed by atoms with E-state index >= 15 is 0 Å². The third-order valence-corrected chi connectivity index (χ3v) is 4.61. The third-order valence-electron chi connectivity index (χ3n) is 4.09. The van der Waals surface area contributed by atoms with Crippen LogP contribution in [0.25, 0.3) is 0 Å². The molecule has 5 nitrogen and oxygen atoms in total. The van der Waals surface area contributed by atoms with Crippen molar-refractivity contribution >= 4 is 21.6 Å². The van der Waals surface area contributed by atoms with E-state index in [2.05, 4.69) is 23.9 Å². The highest BCUT2D eigenvalue weighted by atomic mass is 32.2. The molecule has 4 N–H and O–H groups in total. The summed E-state index contributed by atoms with van der Waals surface area (Å²) in [6.07, 6.45) is 3.53. The van der Waals surface area contributed by atoms with E-state index in [1.54, 1.807) is 12.1 Å². The molecule has 20 heavy (non-hydrogen) atoms. The topological polar surface area (TPSA) is 84.2 Å². The van der Waals surface area contributed by atoms with Gasteiger partial charge in [0, 0.05) is 11.7 Å². The Kier molecular flexibility index (Phi) is 4.55. The van der Waals surface area contributed by atoms with Crippen LogP contribution in [0.2, 0.25) is 0 Å². The lowest BCUT2D eigenvalue weighted by molar-refractivity contribution is 0.261. The average molecular weight is 297 g/mol. The lowest BCUT2D eigenvalue weighted by atomic mass is 9.79. The largest absolute Gasteiger partial charge is 0.382 e. The predicted octanol–water partition coefficient (Wildman–Crippen LogP) is 2.54. The van der Waals surface area contributed by atoms with E-state index in [-0.39, 0.29) is 0 Å². The van der Waals surface area contributed by atoms with Crippen LogP contribution in [0.3, 0.4) is 0 Å². The molecule has 0 radical (unpaired) electrons. The zero-order chi connectivity index (χ0) is 14.8. The van der Waals surface area contributed by atoms with Crippen molar-refractivity contribution in [2.75, 3.05) is 10.0 Å². The first kappa shape index (κ1) is 15.1. The molecule has 1 aliphatic rings. The molecule has 1 aromatic rings. The summed E-state index contributed by atoms with van der Waals surface area (Å²) in [4.78, 5) is 0. The summed E-state index contributed by atoms with van der Waals surface area (Å²) in [5.74, 6) is 1.50. The molecule has 0 spiro atoms. The molecule has 0 saturated heterocycles. The Morgan fingerprint density at radius 2 is 1.85 bits per heavy atom. The Hall–Kier alpha value is -1.27. The van der Waals surface area contributed by atoms with Crippen molar-refractivity contribution in [1.29, 1.82) is 0 Å². The zero-order valence-corrected chi connectivity index (χ0v) is 12.8. The molecule has 0 aliphatic heterocycles. The predicted molar refractivity (Wildman–Crippen MR) is 82.8 cm³/mol. The Labute approximate surface area is 121 Å². The van der Waals surface area contributed by atoms with Crippen molar-refractivity contribution < 1.29 is 8.42 Å². The SMILES string of the molecule is CC1CCC(Nc2cccc(NS(N)(=O)=O)c2)CC1C. The standard InChI is InChI=1S/C14H23N3O2S/c1-10-6-7-13(8-11(10)2)16-12-4-3-5-14(9-12)17-20(15,18)19/h3-5,9-11,13,16-17H,6-8H2,1-2H3,(H2,15,18,19). The second kappa shape index (κ2) is 6.01. The Morgan fingerprint density at radius 3 is 2.50 bits per heavy atom. The molecule has 2 rings (SSSR count). The minimum Gasteiger partial charge on any atom is -0.382 e. The minimum absolute atomic E-state index is 0.450. The first-order valence-electron chi connectivity index (χ1n) is 7.00. The monoisotopic (exact) mass is 297 g/mol. The molecule has 3 unspecified atom stereocenters. The molecular formula is C14H23N3O2S. The number of rotatable bonds is 4. The van der Waals surface area contributed by atoms with Gasteiger partial charge in [-0.15, -0.1) is 0 Å². The van der Waals surface area contributed by atoms with Crippen LogP contribution in [0.4, 0.5) is 11.4 Å². The fourth-order valence-corrected chi connectivity index (χ4v) is 3.21. The van der Waals surface area contributed by atoms with Crippen LogP contribution in [0, 0.1) is 11.8 Å². The molecule has 1 aliphatic carbocycles. The molecule has 0 aromatic heterocycles. The zero-order valence-electron chi connectivity index (χ0n) is 12.0. The van der Waals surface area contributed by atoms with E-state index in [4.69, 9.17) is 5.14 Å². The van der Waals surface area contributed by atoms with Gasteiger partial charge < -0.3 is 5.32 Å². The van der Waals surface area contributed by atoms with Crippen molar-refractivity contribution in [3.63, 3.8) is 0 Å². The van der Waals surface area contributed by atoms with Crippen LogP contribution in [-0.4, -0.2) is 14.5 Å². The van der Waals surface area contributed by atoms with Crippen molar-refractivity contribution in [2.24, 2.45) is 17.0 Å². The van der Waals surface area contributed by atoms with Crippen LogP contribution in [0.15, 0.2) is 24.3 Å². The second-order valence-corrected chi connectivity index (χ2v) is 7.13. The summed E-state index contributed by atoms with van der Waals surface area (Å²) >= 11 is 0. The van der Waals surface area contributed by atoms with Gasteiger partial charge in [0.15, 0.2) is 0 Å². The lowest BCUT2D eigenvalue weighted by Crippen LogP contribution is -2.30. The molecule has 0 heterocycles. The first-order chi connectivity index (χ1) is 9.33. The van der Waals surface area contributed by atoms with Gasteiger partial charge in [-0.25, -0.2) is 5.14 Å². The lowest BCUT2D eigenvalue weighted by Gasteiger charge is -2.33. The highest BCUT2D eigenvalue weighted by molar-refractivity contribution is 7.90. The number of hydrogen-bond acceptors (Lipinski definition) is 3. The maximum absolute atomic E-state index is 11.0. The van der Waals surface area contributed by atoms with Gasteiger partial charge in [-0.05, 0) is 49.3 Å². The van der Waals surface area contributed by atoms with Crippen LogP contribution in [0.5, 0.6) is 0 Å². The van der Waals surface area contributed by atoms with E-state index in [9.17, 15) is 8.42 Å². The Balaban J connectivity index is 2.01. The minimum atomic E-state index is -3.72. The summed E-state index contributed by atoms with van der Waals surface area (Å²) < 4.78 is 24.3. The molecule has 1 saturated carbocycles. The van der Waals surface area contributed by atoms with Crippen LogP contribution < -0.4 is 15.2 Å². The number of anilines is 2. The van der Waals surface area contributed by atoms with Gasteiger partial charge in [0.25, 0.3) is 10.2 Å².